The van der Waals surface area contributed by atoms with E-state index < -0.39 is 5.97 Å². The van der Waals surface area contributed by atoms with Crippen molar-refractivity contribution in [1.29, 1.82) is 0 Å². The summed E-state index contributed by atoms with van der Waals surface area (Å²) >= 11 is 0. The van der Waals surface area contributed by atoms with E-state index in [1.54, 1.807) is 0 Å². The van der Waals surface area contributed by atoms with E-state index in [9.17, 15) is 9.59 Å². The maximum absolute atomic E-state index is 11.2. The maximum Gasteiger partial charge on any atom is 0.306 e. The summed E-state index contributed by atoms with van der Waals surface area (Å²) in [6.07, 6.45) is 3.73. The number of nitrogens with one attached hydrogen (secondary N) is 2. The average molecular weight is 328 g/mol. The van der Waals surface area contributed by atoms with Crippen LogP contribution in [0.4, 0.5) is 0 Å². The lowest BCUT2D eigenvalue weighted by Crippen LogP contribution is -2.49. The SMILES string of the molecule is COC(=O)CCNCC1(C)CC(NCCC(=O)O)CC(C)(C)C1. The van der Waals surface area contributed by atoms with Gasteiger partial charge in [0.05, 0.1) is 20.0 Å². The number of carboxylic acid groups (broad SMARTS) is 1. The number of rotatable bonds is 9. The third-order valence-corrected chi connectivity index (χ3v) is 4.50. The molecule has 6 heteroatoms. The predicted molar refractivity (Wildman–Crippen MR) is 89.3 cm³/mol. The largest absolute Gasteiger partial charge is 0.481 e. The summed E-state index contributed by atoms with van der Waals surface area (Å²) in [7, 11) is 1.40. The molecular weight excluding hydrogens is 296 g/mol. The first kappa shape index (κ1) is 19.9. The first-order valence-corrected chi connectivity index (χ1v) is 8.38. The number of ether oxygens (including phenoxy) is 1. The summed E-state index contributed by atoms with van der Waals surface area (Å²) in [4.78, 5) is 21.8. The number of carbonyl (C=O) groups excluding carboxylic acids is 1. The Balaban J connectivity index is 2.48. The van der Waals surface area contributed by atoms with Crippen molar-refractivity contribution in [2.75, 3.05) is 26.7 Å². The number of esters is 1. The topological polar surface area (TPSA) is 87.7 Å². The van der Waals surface area contributed by atoms with E-state index in [2.05, 4.69) is 36.1 Å². The van der Waals surface area contributed by atoms with Crippen molar-refractivity contribution in [2.45, 2.75) is 58.9 Å². The molecule has 0 bridgehead atoms. The number of hydrogen-bond donors (Lipinski definition) is 3. The molecule has 2 atom stereocenters. The van der Waals surface area contributed by atoms with Gasteiger partial charge in [-0.2, -0.15) is 0 Å². The van der Waals surface area contributed by atoms with Crippen molar-refractivity contribution in [3.05, 3.63) is 0 Å². The normalized spacial score (nSPS) is 26.7. The van der Waals surface area contributed by atoms with E-state index >= 15 is 0 Å². The fraction of sp³-hybridized carbons (Fsp3) is 0.882. The summed E-state index contributed by atoms with van der Waals surface area (Å²) in [6, 6.07) is 0.338. The Morgan fingerprint density at radius 1 is 1.17 bits per heavy atom. The van der Waals surface area contributed by atoms with Crippen LogP contribution in [0.2, 0.25) is 0 Å². The van der Waals surface area contributed by atoms with Crippen molar-refractivity contribution in [3.8, 4) is 0 Å². The second-order valence-corrected chi connectivity index (χ2v) is 7.86. The molecule has 0 spiro atoms. The highest BCUT2D eigenvalue weighted by molar-refractivity contribution is 5.69. The number of methoxy groups -OCH3 is 1. The predicted octanol–water partition coefficient (Wildman–Crippen LogP) is 1.79. The molecule has 6 nitrogen and oxygen atoms in total. The molecule has 2 unspecified atom stereocenters. The molecule has 0 aromatic rings. The number of hydrogen-bond acceptors (Lipinski definition) is 5. The molecule has 23 heavy (non-hydrogen) atoms. The van der Waals surface area contributed by atoms with Gasteiger partial charge < -0.3 is 20.5 Å². The summed E-state index contributed by atoms with van der Waals surface area (Å²) in [5.74, 6) is -0.959. The van der Waals surface area contributed by atoms with Gasteiger partial charge in [0.2, 0.25) is 0 Å². The van der Waals surface area contributed by atoms with Crippen LogP contribution < -0.4 is 10.6 Å². The summed E-state index contributed by atoms with van der Waals surface area (Å²) in [5.41, 5.74) is 0.358. The lowest BCUT2D eigenvalue weighted by Gasteiger charge is -2.47. The van der Waals surface area contributed by atoms with Crippen LogP contribution in [0.5, 0.6) is 0 Å². The molecule has 0 heterocycles. The number of carboxylic acids is 1. The minimum Gasteiger partial charge on any atom is -0.481 e. The van der Waals surface area contributed by atoms with Crippen LogP contribution in [-0.4, -0.2) is 49.8 Å². The van der Waals surface area contributed by atoms with Crippen molar-refractivity contribution in [1.82, 2.24) is 10.6 Å². The van der Waals surface area contributed by atoms with Crippen LogP contribution in [0.25, 0.3) is 0 Å². The Kier molecular flexibility index (Phi) is 7.48. The lowest BCUT2D eigenvalue weighted by atomic mass is 9.62. The Morgan fingerprint density at radius 3 is 2.48 bits per heavy atom. The molecule has 0 saturated heterocycles. The Bertz CT molecular complexity index is 411. The van der Waals surface area contributed by atoms with Gasteiger partial charge in [0.1, 0.15) is 0 Å². The first-order valence-electron chi connectivity index (χ1n) is 8.38. The molecule has 3 N–H and O–H groups in total. The monoisotopic (exact) mass is 328 g/mol. The Labute approximate surface area is 139 Å². The highest BCUT2D eigenvalue weighted by Crippen LogP contribution is 2.45. The second-order valence-electron chi connectivity index (χ2n) is 7.86. The third-order valence-electron chi connectivity index (χ3n) is 4.50. The fourth-order valence-electron chi connectivity index (χ4n) is 3.98. The Morgan fingerprint density at radius 2 is 1.87 bits per heavy atom. The molecule has 0 amide bonds. The van der Waals surface area contributed by atoms with Crippen molar-refractivity contribution >= 4 is 11.9 Å². The van der Waals surface area contributed by atoms with Crippen molar-refractivity contribution in [2.24, 2.45) is 10.8 Å². The average Bonchev–Trinajstić information content (AvgIpc) is 2.40. The second kappa shape index (κ2) is 8.64. The molecular formula is C17H32N2O4. The van der Waals surface area contributed by atoms with Crippen LogP contribution in [0.1, 0.15) is 52.9 Å². The molecule has 1 aliphatic carbocycles. The highest BCUT2D eigenvalue weighted by Gasteiger charge is 2.40. The van der Waals surface area contributed by atoms with Gasteiger partial charge in [0.25, 0.3) is 0 Å². The van der Waals surface area contributed by atoms with E-state index in [4.69, 9.17) is 5.11 Å². The van der Waals surface area contributed by atoms with Crippen molar-refractivity contribution < 1.29 is 19.4 Å². The molecule has 0 aromatic heterocycles. The summed E-state index contributed by atoms with van der Waals surface area (Å²) in [5, 5.41) is 15.5. The molecule has 1 fully saturated rings. The summed E-state index contributed by atoms with van der Waals surface area (Å²) < 4.78 is 4.64. The zero-order valence-corrected chi connectivity index (χ0v) is 14.9. The van der Waals surface area contributed by atoms with Gasteiger partial charge in [0.15, 0.2) is 0 Å². The van der Waals surface area contributed by atoms with Gasteiger partial charge in [-0.3, -0.25) is 9.59 Å². The van der Waals surface area contributed by atoms with Crippen LogP contribution in [-0.2, 0) is 14.3 Å². The molecule has 1 saturated carbocycles. The van der Waals surface area contributed by atoms with E-state index in [-0.39, 0.29) is 23.2 Å². The minimum absolute atomic E-state index is 0.138. The standard InChI is InChI=1S/C17H32N2O4/c1-16(2)9-13(19-8-5-14(20)21)10-17(3,11-16)12-18-7-6-15(22)23-4/h13,18-19H,5-12H2,1-4H3,(H,20,21). The molecule has 0 aliphatic heterocycles. The van der Waals surface area contributed by atoms with Crippen molar-refractivity contribution in [3.63, 3.8) is 0 Å². The zero-order valence-electron chi connectivity index (χ0n) is 14.9. The van der Waals surface area contributed by atoms with Gasteiger partial charge in [-0.25, -0.2) is 0 Å². The minimum atomic E-state index is -0.764. The van der Waals surface area contributed by atoms with E-state index in [0.29, 0.717) is 25.6 Å². The number of aliphatic carboxylic acids is 1. The smallest absolute Gasteiger partial charge is 0.306 e. The van der Waals surface area contributed by atoms with Crippen LogP contribution in [0.15, 0.2) is 0 Å². The molecule has 0 aromatic carbocycles. The fourth-order valence-corrected chi connectivity index (χ4v) is 3.98. The molecule has 1 aliphatic rings. The van der Waals surface area contributed by atoms with Gasteiger partial charge >= 0.3 is 11.9 Å². The van der Waals surface area contributed by atoms with Gasteiger partial charge in [-0.15, -0.1) is 0 Å². The first-order chi connectivity index (χ1) is 10.7. The lowest BCUT2D eigenvalue weighted by molar-refractivity contribution is -0.140. The van der Waals surface area contributed by atoms with Crippen LogP contribution in [0, 0.1) is 10.8 Å². The molecule has 0 radical (unpaired) electrons. The molecule has 1 rings (SSSR count). The van der Waals surface area contributed by atoms with E-state index in [0.717, 1.165) is 25.8 Å². The van der Waals surface area contributed by atoms with E-state index in [1.165, 1.54) is 7.11 Å². The number of carbonyl (C=O) groups is 2. The summed E-state index contributed by atoms with van der Waals surface area (Å²) in [6.45, 7) is 8.80. The molecule has 134 valence electrons. The van der Waals surface area contributed by atoms with Gasteiger partial charge in [0, 0.05) is 25.7 Å². The zero-order chi connectivity index (χ0) is 17.5. The van der Waals surface area contributed by atoms with E-state index in [1.807, 2.05) is 0 Å². The maximum atomic E-state index is 11.2. The quantitative estimate of drug-likeness (QED) is 0.442. The third kappa shape index (κ3) is 7.79. The highest BCUT2D eigenvalue weighted by atomic mass is 16.5. The van der Waals surface area contributed by atoms with Crippen LogP contribution in [0.3, 0.4) is 0 Å². The van der Waals surface area contributed by atoms with Gasteiger partial charge in [-0.05, 0) is 30.1 Å². The van der Waals surface area contributed by atoms with Gasteiger partial charge in [-0.1, -0.05) is 20.8 Å². The Hall–Kier alpha value is -1.14. The van der Waals surface area contributed by atoms with Crippen LogP contribution >= 0.6 is 0 Å².